The lowest BCUT2D eigenvalue weighted by molar-refractivity contribution is -0.144. The summed E-state index contributed by atoms with van der Waals surface area (Å²) in [5, 5.41) is 5.36. The zero-order valence-electron chi connectivity index (χ0n) is 12.1. The number of nitrogens with one attached hydrogen (secondary N) is 1. The average molecular weight is 425 g/mol. The molecule has 0 amide bonds. The smallest absolute Gasteiger partial charge is 0.323 e. The third kappa shape index (κ3) is 5.08. The van der Waals surface area contributed by atoms with E-state index in [0.29, 0.717) is 0 Å². The zero-order valence-corrected chi connectivity index (χ0v) is 14.5. The molecule has 0 aliphatic carbocycles. The fourth-order valence-corrected chi connectivity index (χ4v) is 2.86. The standard InChI is InChI=1S/C12H8Cl2F6N4S/c1-2-24-10(22-9(23-24)11(15,16)17)21-7-3-6(14)8(4-5(7)13)25-12(18,19)20/h3-4H,2H2,1H3,(H,21,22,23). The molecule has 0 fully saturated rings. The molecule has 2 aromatic rings. The number of thioether (sulfide) groups is 1. The monoisotopic (exact) mass is 424 g/mol. The summed E-state index contributed by atoms with van der Waals surface area (Å²) in [6.45, 7) is 1.61. The highest BCUT2D eigenvalue weighted by Gasteiger charge is 2.37. The molecule has 138 valence electrons. The lowest BCUT2D eigenvalue weighted by Gasteiger charge is -2.12. The van der Waals surface area contributed by atoms with Crippen LogP contribution in [0.2, 0.25) is 10.0 Å². The number of nitrogens with zero attached hydrogens (tertiary/aromatic N) is 3. The molecule has 2 rings (SSSR count). The molecule has 1 aromatic heterocycles. The van der Waals surface area contributed by atoms with Crippen molar-refractivity contribution in [1.29, 1.82) is 0 Å². The van der Waals surface area contributed by atoms with E-state index in [4.69, 9.17) is 23.2 Å². The summed E-state index contributed by atoms with van der Waals surface area (Å²) in [5.41, 5.74) is -4.57. The predicted molar refractivity (Wildman–Crippen MR) is 82.4 cm³/mol. The summed E-state index contributed by atoms with van der Waals surface area (Å²) < 4.78 is 76.3. The van der Waals surface area contributed by atoms with E-state index in [1.54, 1.807) is 0 Å². The molecular formula is C12H8Cl2F6N4S. The van der Waals surface area contributed by atoms with Crippen molar-refractivity contribution in [3.63, 3.8) is 0 Å². The third-order valence-corrected chi connectivity index (χ3v) is 4.25. The van der Waals surface area contributed by atoms with E-state index in [0.717, 1.165) is 16.8 Å². The van der Waals surface area contributed by atoms with Crippen LogP contribution >= 0.6 is 35.0 Å². The second-order valence-corrected chi connectivity index (χ2v) is 6.43. The van der Waals surface area contributed by atoms with E-state index in [1.165, 1.54) is 6.92 Å². The molecule has 0 saturated carbocycles. The van der Waals surface area contributed by atoms with Crippen LogP contribution in [0.1, 0.15) is 12.7 Å². The number of anilines is 2. The fraction of sp³-hybridized carbons (Fsp3) is 0.333. The van der Waals surface area contributed by atoms with Gasteiger partial charge in [-0.15, -0.1) is 5.10 Å². The topological polar surface area (TPSA) is 42.7 Å². The molecule has 13 heteroatoms. The maximum atomic E-state index is 12.7. The molecule has 0 atom stereocenters. The number of hydrogen-bond acceptors (Lipinski definition) is 4. The van der Waals surface area contributed by atoms with E-state index in [1.807, 2.05) is 0 Å². The molecule has 1 aromatic carbocycles. The van der Waals surface area contributed by atoms with E-state index in [-0.39, 0.29) is 33.1 Å². The van der Waals surface area contributed by atoms with Gasteiger partial charge < -0.3 is 5.32 Å². The molecule has 1 heterocycles. The molecule has 0 aliphatic rings. The van der Waals surface area contributed by atoms with Crippen LogP contribution in [0.5, 0.6) is 0 Å². The van der Waals surface area contributed by atoms with Crippen molar-refractivity contribution < 1.29 is 26.3 Å². The first-order valence-electron chi connectivity index (χ1n) is 6.44. The molecule has 1 N–H and O–H groups in total. The number of aromatic nitrogens is 3. The molecule has 0 spiro atoms. The van der Waals surface area contributed by atoms with Crippen LogP contribution in [0.3, 0.4) is 0 Å². The Bertz CT molecular complexity index is 774. The van der Waals surface area contributed by atoms with Gasteiger partial charge in [-0.25, -0.2) is 4.68 Å². The first kappa shape index (κ1) is 20.0. The Morgan fingerprint density at radius 2 is 1.76 bits per heavy atom. The molecule has 0 radical (unpaired) electrons. The minimum Gasteiger partial charge on any atom is -0.323 e. The molecule has 0 bridgehead atoms. The maximum Gasteiger partial charge on any atom is 0.453 e. The Morgan fingerprint density at radius 3 is 2.28 bits per heavy atom. The predicted octanol–water partition coefficient (Wildman–Crippen LogP) is 5.98. The Morgan fingerprint density at radius 1 is 1.12 bits per heavy atom. The quantitative estimate of drug-likeness (QED) is 0.484. The van der Waals surface area contributed by atoms with E-state index >= 15 is 0 Å². The van der Waals surface area contributed by atoms with Gasteiger partial charge in [-0.2, -0.15) is 31.3 Å². The van der Waals surface area contributed by atoms with Crippen LogP contribution in [0.15, 0.2) is 17.0 Å². The Balaban J connectivity index is 2.35. The SMILES string of the molecule is CCn1nc(C(F)(F)F)nc1Nc1cc(Cl)c(SC(F)(F)F)cc1Cl. The van der Waals surface area contributed by atoms with Gasteiger partial charge in [0.15, 0.2) is 0 Å². The molecule has 4 nitrogen and oxygen atoms in total. The van der Waals surface area contributed by atoms with E-state index in [9.17, 15) is 26.3 Å². The van der Waals surface area contributed by atoms with Crippen molar-refractivity contribution in [2.45, 2.75) is 30.0 Å². The van der Waals surface area contributed by atoms with Crippen molar-refractivity contribution in [2.75, 3.05) is 5.32 Å². The number of halogens is 8. The molecule has 0 unspecified atom stereocenters. The highest BCUT2D eigenvalue weighted by molar-refractivity contribution is 8.00. The summed E-state index contributed by atoms with van der Waals surface area (Å²) in [6.07, 6.45) is -4.74. The van der Waals surface area contributed by atoms with Crippen molar-refractivity contribution in [3.8, 4) is 0 Å². The first-order chi connectivity index (χ1) is 11.4. The minimum absolute atomic E-state index is 0.00554. The molecular weight excluding hydrogens is 417 g/mol. The molecule has 0 aliphatic heterocycles. The fourth-order valence-electron chi connectivity index (χ4n) is 1.72. The summed E-state index contributed by atoms with van der Waals surface area (Å²) >= 11 is 11.2. The highest BCUT2D eigenvalue weighted by atomic mass is 35.5. The van der Waals surface area contributed by atoms with Gasteiger partial charge in [-0.1, -0.05) is 23.2 Å². The summed E-state index contributed by atoms with van der Waals surface area (Å²) in [4.78, 5) is 2.99. The van der Waals surface area contributed by atoms with Gasteiger partial charge in [0, 0.05) is 11.4 Å². The average Bonchev–Trinajstić information content (AvgIpc) is 2.86. The van der Waals surface area contributed by atoms with Crippen molar-refractivity contribution in [1.82, 2.24) is 14.8 Å². The van der Waals surface area contributed by atoms with Gasteiger partial charge in [0.25, 0.3) is 5.82 Å². The van der Waals surface area contributed by atoms with Crippen LogP contribution < -0.4 is 5.32 Å². The first-order valence-corrected chi connectivity index (χ1v) is 8.01. The highest BCUT2D eigenvalue weighted by Crippen LogP contribution is 2.43. The minimum atomic E-state index is -4.74. The number of rotatable bonds is 4. The van der Waals surface area contributed by atoms with Gasteiger partial charge in [0.05, 0.1) is 15.7 Å². The van der Waals surface area contributed by atoms with Gasteiger partial charge in [-0.3, -0.25) is 0 Å². The van der Waals surface area contributed by atoms with E-state index in [2.05, 4.69) is 15.4 Å². The second-order valence-electron chi connectivity index (χ2n) is 4.51. The van der Waals surface area contributed by atoms with Gasteiger partial charge in [-0.05, 0) is 30.8 Å². The summed E-state index contributed by atoms with van der Waals surface area (Å²) in [5.74, 6) is -1.63. The number of benzene rings is 1. The van der Waals surface area contributed by atoms with Gasteiger partial charge in [0.2, 0.25) is 5.95 Å². The summed E-state index contributed by atoms with van der Waals surface area (Å²) in [7, 11) is 0. The number of aryl methyl sites for hydroxylation is 1. The van der Waals surface area contributed by atoms with E-state index < -0.39 is 29.3 Å². The van der Waals surface area contributed by atoms with Crippen LogP contribution in [-0.4, -0.2) is 20.3 Å². The van der Waals surface area contributed by atoms with Gasteiger partial charge in [0.1, 0.15) is 0 Å². The Kier molecular flexibility index (Phi) is 5.69. The Labute approximate surface area is 151 Å². The summed E-state index contributed by atoms with van der Waals surface area (Å²) in [6, 6.07) is 2.03. The molecule has 0 saturated heterocycles. The van der Waals surface area contributed by atoms with Crippen LogP contribution in [-0.2, 0) is 12.7 Å². The number of alkyl halides is 6. The normalized spacial score (nSPS) is 12.5. The lowest BCUT2D eigenvalue weighted by Crippen LogP contribution is -2.08. The lowest BCUT2D eigenvalue weighted by atomic mass is 10.3. The van der Waals surface area contributed by atoms with Crippen LogP contribution in [0, 0.1) is 0 Å². The number of hydrogen-bond donors (Lipinski definition) is 1. The zero-order chi connectivity index (χ0) is 19.0. The van der Waals surface area contributed by atoms with Crippen molar-refractivity contribution in [3.05, 3.63) is 28.0 Å². The molecule has 25 heavy (non-hydrogen) atoms. The second kappa shape index (κ2) is 7.12. The van der Waals surface area contributed by atoms with Crippen LogP contribution in [0.25, 0.3) is 0 Å². The largest absolute Gasteiger partial charge is 0.453 e. The van der Waals surface area contributed by atoms with Gasteiger partial charge >= 0.3 is 11.7 Å². The maximum absolute atomic E-state index is 12.7. The third-order valence-electron chi connectivity index (χ3n) is 2.72. The van der Waals surface area contributed by atoms with Crippen molar-refractivity contribution in [2.24, 2.45) is 0 Å². The van der Waals surface area contributed by atoms with Crippen molar-refractivity contribution >= 4 is 46.6 Å². The van der Waals surface area contributed by atoms with Crippen LogP contribution in [0.4, 0.5) is 38.0 Å². The Hall–Kier alpha value is -1.33.